The van der Waals surface area contributed by atoms with Crippen LogP contribution in [0.2, 0.25) is 0 Å². The lowest BCUT2D eigenvalue weighted by molar-refractivity contribution is 0.0967. The lowest BCUT2D eigenvalue weighted by atomic mass is 10.1. The number of anilines is 1. The van der Waals surface area contributed by atoms with Crippen molar-refractivity contribution in [2.24, 2.45) is 11.5 Å². The minimum Gasteiger partial charge on any atom is -0.399 e. The fourth-order valence-electron chi connectivity index (χ4n) is 1.37. The average molecular weight is 257 g/mol. The van der Waals surface area contributed by atoms with Crippen LogP contribution < -0.4 is 17.2 Å². The molecule has 0 fully saturated rings. The highest BCUT2D eigenvalue weighted by molar-refractivity contribution is 6.06. The Kier molecular flexibility index (Phi) is 5.10. The summed E-state index contributed by atoms with van der Waals surface area (Å²) in [6, 6.07) is 15.6. The number of hydrogen-bond donors (Lipinski definition) is 3. The molecule has 98 valence electrons. The summed E-state index contributed by atoms with van der Waals surface area (Å²) in [5, 5.41) is 0. The highest BCUT2D eigenvalue weighted by atomic mass is 16.2. The number of nitrogen functional groups attached to an aromatic ring is 1. The maximum Gasteiger partial charge on any atom is 0.249 e. The molecule has 2 rings (SSSR count). The van der Waals surface area contributed by atoms with E-state index in [4.69, 9.17) is 17.2 Å². The number of carbonyl (C=O) groups is 2. The van der Waals surface area contributed by atoms with Gasteiger partial charge >= 0.3 is 0 Å². The average Bonchev–Trinajstić information content (AvgIpc) is 2.40. The molecule has 0 atom stereocenters. The first-order chi connectivity index (χ1) is 9.02. The Hall–Kier alpha value is -2.82. The van der Waals surface area contributed by atoms with Crippen LogP contribution in [0.5, 0.6) is 0 Å². The maximum absolute atomic E-state index is 10.7. The summed E-state index contributed by atoms with van der Waals surface area (Å²) >= 11 is 0. The van der Waals surface area contributed by atoms with Crippen LogP contribution in [0.4, 0.5) is 5.69 Å². The number of primary amides is 2. The number of amides is 2. The molecule has 5 nitrogen and oxygen atoms in total. The third kappa shape index (κ3) is 4.51. The van der Waals surface area contributed by atoms with Crippen LogP contribution in [0, 0.1) is 0 Å². The Balaban J connectivity index is 0.000000218. The molecule has 0 aliphatic heterocycles. The van der Waals surface area contributed by atoms with Gasteiger partial charge in [-0.05, 0) is 24.3 Å². The minimum absolute atomic E-state index is 0.157. The molecule has 2 aromatic rings. The van der Waals surface area contributed by atoms with Gasteiger partial charge in [-0.15, -0.1) is 0 Å². The van der Waals surface area contributed by atoms with E-state index < -0.39 is 11.8 Å². The summed E-state index contributed by atoms with van der Waals surface area (Å²) < 4.78 is 0. The molecule has 2 aromatic carbocycles. The first-order valence-corrected chi connectivity index (χ1v) is 5.51. The van der Waals surface area contributed by atoms with Crippen LogP contribution in [0.1, 0.15) is 20.7 Å². The first-order valence-electron chi connectivity index (χ1n) is 5.51. The third-order valence-electron chi connectivity index (χ3n) is 2.26. The van der Waals surface area contributed by atoms with Crippen LogP contribution in [-0.2, 0) is 0 Å². The number of hydrogen-bond acceptors (Lipinski definition) is 3. The predicted octanol–water partition coefficient (Wildman–Crippen LogP) is 1.15. The van der Waals surface area contributed by atoms with Crippen LogP contribution in [0.25, 0.3) is 0 Å². The second kappa shape index (κ2) is 6.80. The van der Waals surface area contributed by atoms with Gasteiger partial charge in [-0.1, -0.05) is 30.3 Å². The summed E-state index contributed by atoms with van der Waals surface area (Å²) in [6.07, 6.45) is 0. The first kappa shape index (κ1) is 14.2. The number of rotatable bonds is 2. The van der Waals surface area contributed by atoms with Gasteiger partial charge in [-0.3, -0.25) is 9.59 Å². The van der Waals surface area contributed by atoms with Gasteiger partial charge in [0.15, 0.2) is 0 Å². The van der Waals surface area contributed by atoms with Crippen LogP contribution >= 0.6 is 0 Å². The molecule has 0 saturated carbocycles. The Morgan fingerprint density at radius 2 is 1.05 bits per heavy atom. The molecule has 19 heavy (non-hydrogen) atoms. The lowest BCUT2D eigenvalue weighted by Gasteiger charge is -2.00. The normalized spacial score (nSPS) is 9.05. The van der Waals surface area contributed by atoms with E-state index in [0.717, 1.165) is 5.69 Å². The van der Waals surface area contributed by atoms with E-state index in [1.165, 1.54) is 12.1 Å². The molecule has 0 aliphatic carbocycles. The lowest BCUT2D eigenvalue weighted by Crippen LogP contribution is -2.20. The van der Waals surface area contributed by atoms with Gasteiger partial charge in [0.25, 0.3) is 0 Å². The predicted molar refractivity (Wildman–Crippen MR) is 74.3 cm³/mol. The van der Waals surface area contributed by atoms with Crippen LogP contribution in [0.3, 0.4) is 0 Å². The van der Waals surface area contributed by atoms with Crippen molar-refractivity contribution in [1.82, 2.24) is 0 Å². The third-order valence-corrected chi connectivity index (χ3v) is 2.26. The molecule has 0 aliphatic rings. The zero-order valence-electron chi connectivity index (χ0n) is 10.2. The molecular formula is C14H15N3O2. The van der Waals surface area contributed by atoms with E-state index in [0.29, 0.717) is 0 Å². The van der Waals surface area contributed by atoms with Crippen LogP contribution in [-0.4, -0.2) is 11.8 Å². The Morgan fingerprint density at radius 1 is 0.684 bits per heavy atom. The van der Waals surface area contributed by atoms with Crippen molar-refractivity contribution in [1.29, 1.82) is 0 Å². The van der Waals surface area contributed by atoms with Crippen molar-refractivity contribution in [3.63, 3.8) is 0 Å². The smallest absolute Gasteiger partial charge is 0.249 e. The van der Waals surface area contributed by atoms with Gasteiger partial charge in [0.1, 0.15) is 0 Å². The molecule has 0 radical (unpaired) electrons. The highest BCUT2D eigenvalue weighted by Gasteiger charge is 2.10. The second-order valence-electron chi connectivity index (χ2n) is 3.68. The Labute approximate surface area is 111 Å². The van der Waals surface area contributed by atoms with Gasteiger partial charge in [-0.25, -0.2) is 0 Å². The van der Waals surface area contributed by atoms with Crippen molar-refractivity contribution in [3.05, 3.63) is 65.7 Å². The zero-order valence-corrected chi connectivity index (χ0v) is 10.2. The van der Waals surface area contributed by atoms with Crippen molar-refractivity contribution in [2.45, 2.75) is 0 Å². The molecule has 0 spiro atoms. The SMILES string of the molecule is NC(=O)c1ccccc1C(N)=O.Nc1ccccc1. The topological polar surface area (TPSA) is 112 Å². The van der Waals surface area contributed by atoms with Crippen molar-refractivity contribution in [3.8, 4) is 0 Å². The van der Waals surface area contributed by atoms with Gasteiger partial charge in [0.05, 0.1) is 11.1 Å². The molecule has 0 unspecified atom stereocenters. The van der Waals surface area contributed by atoms with Gasteiger partial charge in [-0.2, -0.15) is 0 Å². The number of nitrogens with two attached hydrogens (primary N) is 3. The van der Waals surface area contributed by atoms with Gasteiger partial charge in [0.2, 0.25) is 11.8 Å². The molecule has 0 heterocycles. The second-order valence-corrected chi connectivity index (χ2v) is 3.68. The molecule has 0 bridgehead atoms. The highest BCUT2D eigenvalue weighted by Crippen LogP contribution is 2.06. The molecule has 6 N–H and O–H groups in total. The van der Waals surface area contributed by atoms with E-state index in [1.807, 2.05) is 30.3 Å². The number of para-hydroxylation sites is 1. The fourth-order valence-corrected chi connectivity index (χ4v) is 1.37. The molecule has 0 aromatic heterocycles. The van der Waals surface area contributed by atoms with E-state index in [2.05, 4.69) is 0 Å². The minimum atomic E-state index is -0.649. The van der Waals surface area contributed by atoms with Crippen molar-refractivity contribution >= 4 is 17.5 Å². The number of benzene rings is 2. The standard InChI is InChI=1S/C8H8N2O2.C6H7N/c9-7(11)5-3-1-2-4-6(5)8(10)12;7-6-4-2-1-3-5-6/h1-4H,(H2,9,11)(H2,10,12);1-5H,7H2. The van der Waals surface area contributed by atoms with E-state index in [-0.39, 0.29) is 11.1 Å². The molecule has 0 saturated heterocycles. The van der Waals surface area contributed by atoms with Crippen molar-refractivity contribution in [2.75, 3.05) is 5.73 Å². The molecular weight excluding hydrogens is 242 g/mol. The number of carbonyl (C=O) groups excluding carboxylic acids is 2. The summed E-state index contributed by atoms with van der Waals surface area (Å²) in [4.78, 5) is 21.5. The summed E-state index contributed by atoms with van der Waals surface area (Å²) in [5.74, 6) is -1.30. The fraction of sp³-hybridized carbons (Fsp3) is 0. The van der Waals surface area contributed by atoms with E-state index in [1.54, 1.807) is 12.1 Å². The largest absolute Gasteiger partial charge is 0.399 e. The van der Waals surface area contributed by atoms with Crippen molar-refractivity contribution < 1.29 is 9.59 Å². The maximum atomic E-state index is 10.7. The summed E-state index contributed by atoms with van der Waals surface area (Å²) in [7, 11) is 0. The summed E-state index contributed by atoms with van der Waals surface area (Å²) in [6.45, 7) is 0. The Bertz CT molecular complexity index is 535. The van der Waals surface area contributed by atoms with E-state index in [9.17, 15) is 9.59 Å². The van der Waals surface area contributed by atoms with Gasteiger partial charge < -0.3 is 17.2 Å². The summed E-state index contributed by atoms with van der Waals surface area (Å²) in [5.41, 5.74) is 16.5. The van der Waals surface area contributed by atoms with Crippen LogP contribution in [0.15, 0.2) is 54.6 Å². The molecule has 5 heteroatoms. The van der Waals surface area contributed by atoms with E-state index >= 15 is 0 Å². The zero-order chi connectivity index (χ0) is 14.3. The monoisotopic (exact) mass is 257 g/mol. The Morgan fingerprint density at radius 3 is 1.32 bits per heavy atom. The van der Waals surface area contributed by atoms with Gasteiger partial charge in [0, 0.05) is 5.69 Å². The molecule has 2 amide bonds. The quantitative estimate of drug-likeness (QED) is 0.701.